The van der Waals surface area contributed by atoms with E-state index in [1.807, 2.05) is 0 Å². The third-order valence-electron chi connectivity index (χ3n) is 2.11. The van der Waals surface area contributed by atoms with Crippen LogP contribution in [0.25, 0.3) is 0 Å². The van der Waals surface area contributed by atoms with Gasteiger partial charge in [0.05, 0.1) is 26.9 Å². The predicted molar refractivity (Wildman–Crippen MR) is 44.2 cm³/mol. The van der Waals surface area contributed by atoms with Gasteiger partial charge in [0.1, 0.15) is 6.04 Å². The molecule has 0 spiro atoms. The monoisotopic (exact) mass is 227 g/mol. The highest BCUT2D eigenvalue weighted by Crippen LogP contribution is 2.18. The lowest BCUT2D eigenvalue weighted by Crippen LogP contribution is -2.53. The lowest BCUT2D eigenvalue weighted by Gasteiger charge is -2.32. The Kier molecular flexibility index (Phi) is 3.92. The average molecular weight is 227 g/mol. The highest BCUT2D eigenvalue weighted by Gasteiger charge is 2.37. The Morgan fingerprint density at radius 1 is 1.60 bits per heavy atom. The normalized spacial score (nSPS) is 19.5. The molecule has 1 aliphatic rings. The van der Waals surface area contributed by atoms with E-state index in [0.717, 1.165) is 7.11 Å². The molecule has 1 heterocycles. The number of methoxy groups -OCH3 is 1. The van der Waals surface area contributed by atoms with Crippen LogP contribution >= 0.6 is 0 Å². The van der Waals surface area contributed by atoms with Gasteiger partial charge in [-0.3, -0.25) is 10.1 Å². The van der Waals surface area contributed by atoms with Crippen molar-refractivity contribution in [2.75, 3.05) is 26.9 Å². The number of alkyl halides is 3. The van der Waals surface area contributed by atoms with Crippen LogP contribution in [0, 0.1) is 5.92 Å². The molecule has 1 unspecified atom stereocenters. The van der Waals surface area contributed by atoms with E-state index in [-0.39, 0.29) is 19.1 Å². The first kappa shape index (κ1) is 12.3. The molecule has 0 aromatic heterocycles. The van der Waals surface area contributed by atoms with Gasteiger partial charge in [0, 0.05) is 5.92 Å². The summed E-state index contributed by atoms with van der Waals surface area (Å²) in [6, 6.07) is -0.939. The van der Waals surface area contributed by atoms with Crippen molar-refractivity contribution < 1.29 is 27.4 Å². The molecule has 0 radical (unpaired) electrons. The lowest BCUT2D eigenvalue weighted by molar-refractivity contribution is -0.155. The Hall–Kier alpha value is -0.820. The number of hydrogen-bond donors (Lipinski definition) is 1. The molecule has 88 valence electrons. The second kappa shape index (κ2) is 4.80. The molecule has 1 rings (SSSR count). The molecule has 7 heteroatoms. The van der Waals surface area contributed by atoms with Crippen LogP contribution in [0.5, 0.6) is 0 Å². The molecule has 0 aromatic carbocycles. The van der Waals surface area contributed by atoms with E-state index < -0.39 is 24.7 Å². The zero-order valence-electron chi connectivity index (χ0n) is 8.13. The molecule has 0 bridgehead atoms. The fourth-order valence-electron chi connectivity index (χ4n) is 1.24. The first-order valence-electron chi connectivity index (χ1n) is 4.40. The molecule has 1 N–H and O–H groups in total. The molecule has 0 aromatic rings. The molecule has 1 fully saturated rings. The van der Waals surface area contributed by atoms with Crippen LogP contribution in [0.1, 0.15) is 0 Å². The number of nitrogens with one attached hydrogen (secondary N) is 1. The minimum Gasteiger partial charge on any atom is -0.468 e. The van der Waals surface area contributed by atoms with Crippen molar-refractivity contribution in [2.24, 2.45) is 5.92 Å². The van der Waals surface area contributed by atoms with Gasteiger partial charge in [-0.25, -0.2) is 0 Å². The van der Waals surface area contributed by atoms with Crippen LogP contribution in [0.2, 0.25) is 0 Å². The van der Waals surface area contributed by atoms with E-state index in [1.54, 1.807) is 0 Å². The highest BCUT2D eigenvalue weighted by molar-refractivity contribution is 5.76. The summed E-state index contributed by atoms with van der Waals surface area (Å²) in [5.74, 6) is -0.924. The number of ether oxygens (including phenoxy) is 2. The summed E-state index contributed by atoms with van der Waals surface area (Å²) in [5, 5.41) is 2.13. The van der Waals surface area contributed by atoms with Gasteiger partial charge in [-0.2, -0.15) is 13.2 Å². The highest BCUT2D eigenvalue weighted by atomic mass is 19.4. The van der Waals surface area contributed by atoms with E-state index >= 15 is 0 Å². The minimum atomic E-state index is -4.34. The molecular formula is C8H12F3NO3. The number of hydrogen-bond acceptors (Lipinski definition) is 4. The topological polar surface area (TPSA) is 47.6 Å². The third kappa shape index (κ3) is 3.67. The smallest absolute Gasteiger partial charge is 0.401 e. The second-order valence-electron chi connectivity index (χ2n) is 3.29. The molecule has 1 atom stereocenters. The Bertz CT molecular complexity index is 228. The first-order chi connectivity index (χ1) is 6.94. The average Bonchev–Trinajstić information content (AvgIpc) is 2.06. The summed E-state index contributed by atoms with van der Waals surface area (Å²) in [6.07, 6.45) is -4.34. The number of esters is 1. The van der Waals surface area contributed by atoms with Crippen LogP contribution < -0.4 is 5.32 Å². The van der Waals surface area contributed by atoms with E-state index in [0.29, 0.717) is 0 Å². The predicted octanol–water partition coefficient (Wildman–Crippen LogP) is 0.326. The fraction of sp³-hybridized carbons (Fsp3) is 0.875. The summed E-state index contributed by atoms with van der Waals surface area (Å²) in [6.45, 7) is -0.640. The van der Waals surface area contributed by atoms with Crippen LogP contribution in [-0.2, 0) is 14.3 Å². The Morgan fingerprint density at radius 3 is 2.53 bits per heavy atom. The number of rotatable bonds is 4. The molecule has 4 nitrogen and oxygen atoms in total. The van der Waals surface area contributed by atoms with Gasteiger partial charge in [0.15, 0.2) is 0 Å². The Morgan fingerprint density at radius 2 is 2.20 bits per heavy atom. The number of halogens is 3. The van der Waals surface area contributed by atoms with Crippen molar-refractivity contribution >= 4 is 5.97 Å². The van der Waals surface area contributed by atoms with Crippen molar-refractivity contribution in [3.05, 3.63) is 0 Å². The van der Waals surface area contributed by atoms with E-state index in [2.05, 4.69) is 10.1 Å². The Labute approximate surface area is 84.7 Å². The van der Waals surface area contributed by atoms with E-state index in [4.69, 9.17) is 4.74 Å². The van der Waals surface area contributed by atoms with E-state index in [1.165, 1.54) is 0 Å². The van der Waals surface area contributed by atoms with Crippen molar-refractivity contribution in [3.63, 3.8) is 0 Å². The molecule has 15 heavy (non-hydrogen) atoms. The zero-order valence-corrected chi connectivity index (χ0v) is 8.13. The van der Waals surface area contributed by atoms with Crippen molar-refractivity contribution in [3.8, 4) is 0 Å². The van der Waals surface area contributed by atoms with Gasteiger partial charge < -0.3 is 9.47 Å². The summed E-state index contributed by atoms with van der Waals surface area (Å²) in [4.78, 5) is 11.2. The molecule has 0 aliphatic carbocycles. The van der Waals surface area contributed by atoms with Crippen molar-refractivity contribution in [2.45, 2.75) is 12.2 Å². The van der Waals surface area contributed by atoms with Crippen LogP contribution in [0.15, 0.2) is 0 Å². The number of carbonyl (C=O) groups is 1. The summed E-state index contributed by atoms with van der Waals surface area (Å²) in [7, 11) is 1.14. The van der Waals surface area contributed by atoms with Crippen LogP contribution in [0.3, 0.4) is 0 Å². The van der Waals surface area contributed by atoms with E-state index in [9.17, 15) is 18.0 Å². The van der Waals surface area contributed by atoms with Crippen molar-refractivity contribution in [1.29, 1.82) is 0 Å². The number of carbonyl (C=O) groups excluding carboxylic acids is 1. The lowest BCUT2D eigenvalue weighted by atomic mass is 9.98. The van der Waals surface area contributed by atoms with Crippen LogP contribution in [0.4, 0.5) is 13.2 Å². The van der Waals surface area contributed by atoms with Gasteiger partial charge in [0.25, 0.3) is 0 Å². The van der Waals surface area contributed by atoms with Crippen molar-refractivity contribution in [1.82, 2.24) is 5.32 Å². The molecule has 0 amide bonds. The summed E-state index contributed by atoms with van der Waals surface area (Å²) >= 11 is 0. The molecule has 0 saturated carbocycles. The van der Waals surface area contributed by atoms with Gasteiger partial charge in [-0.15, -0.1) is 0 Å². The SMILES string of the molecule is COC(=O)C(NCC(F)(F)F)C1COC1. The molecular weight excluding hydrogens is 215 g/mol. The zero-order chi connectivity index (χ0) is 11.5. The van der Waals surface area contributed by atoms with Gasteiger partial charge in [0.2, 0.25) is 0 Å². The fourth-order valence-corrected chi connectivity index (χ4v) is 1.24. The molecule has 1 saturated heterocycles. The summed E-state index contributed by atoms with van der Waals surface area (Å²) in [5.41, 5.74) is 0. The van der Waals surface area contributed by atoms with Gasteiger partial charge >= 0.3 is 12.1 Å². The maximum atomic E-state index is 11.9. The maximum Gasteiger partial charge on any atom is 0.401 e. The third-order valence-corrected chi connectivity index (χ3v) is 2.11. The largest absolute Gasteiger partial charge is 0.468 e. The van der Waals surface area contributed by atoms with Gasteiger partial charge in [-0.05, 0) is 0 Å². The quantitative estimate of drug-likeness (QED) is 0.703. The summed E-state index contributed by atoms with van der Waals surface area (Å²) < 4.78 is 45.0. The van der Waals surface area contributed by atoms with Gasteiger partial charge in [-0.1, -0.05) is 0 Å². The maximum absolute atomic E-state index is 11.9. The van der Waals surface area contributed by atoms with Crippen LogP contribution in [-0.4, -0.2) is 45.1 Å². The second-order valence-corrected chi connectivity index (χ2v) is 3.29. The molecule has 1 aliphatic heterocycles. The first-order valence-corrected chi connectivity index (χ1v) is 4.40. The minimum absolute atomic E-state index is 0.236. The Balaban J connectivity index is 2.45. The standard InChI is InChI=1S/C8H12F3NO3/c1-14-7(13)6(5-2-15-3-5)12-4-8(9,10)11/h5-6,12H,2-4H2,1H3.